The molecule has 110 valence electrons. The van der Waals surface area contributed by atoms with E-state index in [0.717, 1.165) is 32.0 Å². The van der Waals surface area contributed by atoms with E-state index in [9.17, 15) is 5.11 Å². The highest BCUT2D eigenvalue weighted by Gasteiger charge is 2.36. The standard InChI is InChI=1S/C16H30N2O/c19-15-6-10-18(11-7-15)13-16(8-2-1-3-9-16)12-17-14-4-5-14/h14-15,17,19H,1-13H2. The van der Waals surface area contributed by atoms with Gasteiger partial charge in [-0.3, -0.25) is 0 Å². The first-order valence-electron chi connectivity index (χ1n) is 8.40. The summed E-state index contributed by atoms with van der Waals surface area (Å²) in [5, 5.41) is 13.4. The van der Waals surface area contributed by atoms with E-state index in [2.05, 4.69) is 10.2 Å². The molecule has 19 heavy (non-hydrogen) atoms. The van der Waals surface area contributed by atoms with Crippen molar-refractivity contribution in [2.75, 3.05) is 26.2 Å². The average Bonchev–Trinajstić information content (AvgIpc) is 3.25. The highest BCUT2D eigenvalue weighted by molar-refractivity contribution is 4.92. The van der Waals surface area contributed by atoms with Gasteiger partial charge in [0, 0.05) is 32.2 Å². The number of likely N-dealkylation sites (tertiary alicyclic amines) is 1. The van der Waals surface area contributed by atoms with Gasteiger partial charge in [0.15, 0.2) is 0 Å². The third kappa shape index (κ3) is 3.93. The number of piperidine rings is 1. The van der Waals surface area contributed by atoms with Crippen molar-refractivity contribution in [1.82, 2.24) is 10.2 Å². The molecule has 3 rings (SSSR count). The zero-order chi connectivity index (χ0) is 13.1. The van der Waals surface area contributed by atoms with Crippen LogP contribution in [0.15, 0.2) is 0 Å². The smallest absolute Gasteiger partial charge is 0.0564 e. The molecule has 0 atom stereocenters. The molecule has 3 fully saturated rings. The number of hydrogen-bond donors (Lipinski definition) is 2. The van der Waals surface area contributed by atoms with Gasteiger partial charge in [0.25, 0.3) is 0 Å². The summed E-state index contributed by atoms with van der Waals surface area (Å²) in [5.74, 6) is 0. The van der Waals surface area contributed by atoms with Crippen LogP contribution in [0.25, 0.3) is 0 Å². The van der Waals surface area contributed by atoms with E-state index in [1.165, 1.54) is 58.0 Å². The van der Waals surface area contributed by atoms with Gasteiger partial charge in [-0.25, -0.2) is 0 Å². The van der Waals surface area contributed by atoms with Crippen LogP contribution in [0.5, 0.6) is 0 Å². The van der Waals surface area contributed by atoms with Gasteiger partial charge in [0.05, 0.1) is 6.10 Å². The highest BCUT2D eigenvalue weighted by Crippen LogP contribution is 2.38. The van der Waals surface area contributed by atoms with Crippen LogP contribution >= 0.6 is 0 Å². The lowest BCUT2D eigenvalue weighted by Gasteiger charge is -2.43. The molecule has 0 radical (unpaired) electrons. The van der Waals surface area contributed by atoms with Crippen molar-refractivity contribution >= 4 is 0 Å². The predicted molar refractivity (Wildman–Crippen MR) is 78.2 cm³/mol. The molecule has 2 N–H and O–H groups in total. The molecule has 1 heterocycles. The Morgan fingerprint density at radius 3 is 2.32 bits per heavy atom. The van der Waals surface area contributed by atoms with Crippen LogP contribution in [-0.2, 0) is 0 Å². The SMILES string of the molecule is OC1CCN(CC2(CNC3CC3)CCCCC2)CC1. The molecule has 0 spiro atoms. The molecular formula is C16H30N2O. The molecule has 3 heteroatoms. The molecule has 1 saturated heterocycles. The van der Waals surface area contributed by atoms with E-state index in [1.54, 1.807) is 0 Å². The molecule has 3 aliphatic rings. The van der Waals surface area contributed by atoms with Crippen molar-refractivity contribution in [3.63, 3.8) is 0 Å². The second-order valence-electron chi connectivity index (χ2n) is 7.22. The van der Waals surface area contributed by atoms with E-state index in [1.807, 2.05) is 0 Å². The van der Waals surface area contributed by atoms with Crippen LogP contribution in [0.1, 0.15) is 57.8 Å². The van der Waals surface area contributed by atoms with Gasteiger partial charge >= 0.3 is 0 Å². The summed E-state index contributed by atoms with van der Waals surface area (Å²) in [4.78, 5) is 2.62. The molecule has 0 amide bonds. The second-order valence-corrected chi connectivity index (χ2v) is 7.22. The Morgan fingerprint density at radius 2 is 1.68 bits per heavy atom. The zero-order valence-corrected chi connectivity index (χ0v) is 12.2. The van der Waals surface area contributed by atoms with Gasteiger partial charge in [0.2, 0.25) is 0 Å². The van der Waals surface area contributed by atoms with Crippen molar-refractivity contribution in [3.8, 4) is 0 Å². The summed E-state index contributed by atoms with van der Waals surface area (Å²) >= 11 is 0. The van der Waals surface area contributed by atoms with E-state index < -0.39 is 0 Å². The molecule has 0 bridgehead atoms. The largest absolute Gasteiger partial charge is 0.393 e. The van der Waals surface area contributed by atoms with Gasteiger partial charge in [0.1, 0.15) is 0 Å². The fourth-order valence-electron chi connectivity index (χ4n) is 3.89. The Labute approximate surface area is 117 Å². The quantitative estimate of drug-likeness (QED) is 0.800. The van der Waals surface area contributed by atoms with Crippen molar-refractivity contribution in [2.24, 2.45) is 5.41 Å². The van der Waals surface area contributed by atoms with E-state index >= 15 is 0 Å². The molecule has 3 nitrogen and oxygen atoms in total. The third-order valence-corrected chi connectivity index (χ3v) is 5.37. The van der Waals surface area contributed by atoms with Crippen molar-refractivity contribution in [1.29, 1.82) is 0 Å². The maximum absolute atomic E-state index is 9.64. The molecule has 0 aromatic heterocycles. The zero-order valence-electron chi connectivity index (χ0n) is 12.2. The first-order chi connectivity index (χ1) is 9.26. The number of aliphatic hydroxyl groups is 1. The summed E-state index contributed by atoms with van der Waals surface area (Å²) in [5.41, 5.74) is 0.531. The Kier molecular flexibility index (Phi) is 4.45. The van der Waals surface area contributed by atoms with Crippen molar-refractivity contribution < 1.29 is 5.11 Å². The number of nitrogens with one attached hydrogen (secondary N) is 1. The minimum absolute atomic E-state index is 0.0388. The number of aliphatic hydroxyl groups excluding tert-OH is 1. The maximum atomic E-state index is 9.64. The van der Waals surface area contributed by atoms with Crippen LogP contribution in [0, 0.1) is 5.41 Å². The lowest BCUT2D eigenvalue weighted by molar-refractivity contribution is 0.0425. The Morgan fingerprint density at radius 1 is 1.00 bits per heavy atom. The van der Waals surface area contributed by atoms with Gasteiger partial charge in [-0.05, 0) is 43.9 Å². The monoisotopic (exact) mass is 266 g/mol. The van der Waals surface area contributed by atoms with E-state index in [0.29, 0.717) is 5.41 Å². The van der Waals surface area contributed by atoms with Crippen LogP contribution in [-0.4, -0.2) is 48.3 Å². The number of nitrogens with zero attached hydrogens (tertiary/aromatic N) is 1. The third-order valence-electron chi connectivity index (χ3n) is 5.37. The summed E-state index contributed by atoms with van der Waals surface area (Å²) in [7, 11) is 0. The Balaban J connectivity index is 1.54. The fraction of sp³-hybridized carbons (Fsp3) is 1.00. The van der Waals surface area contributed by atoms with Crippen molar-refractivity contribution in [3.05, 3.63) is 0 Å². The Hall–Kier alpha value is -0.120. The predicted octanol–water partition coefficient (Wildman–Crippen LogP) is 2.15. The molecular weight excluding hydrogens is 236 g/mol. The lowest BCUT2D eigenvalue weighted by atomic mass is 9.73. The fourth-order valence-corrected chi connectivity index (χ4v) is 3.89. The van der Waals surface area contributed by atoms with Gasteiger partial charge in [-0.1, -0.05) is 19.3 Å². The Bertz CT molecular complexity index is 276. The molecule has 0 aromatic carbocycles. The summed E-state index contributed by atoms with van der Waals surface area (Å²) in [6, 6.07) is 0.835. The maximum Gasteiger partial charge on any atom is 0.0564 e. The first kappa shape index (κ1) is 13.8. The topological polar surface area (TPSA) is 35.5 Å². The summed E-state index contributed by atoms with van der Waals surface area (Å²) < 4.78 is 0. The second kappa shape index (κ2) is 6.11. The van der Waals surface area contributed by atoms with Gasteiger partial charge < -0.3 is 15.3 Å². The minimum atomic E-state index is -0.0388. The van der Waals surface area contributed by atoms with Crippen molar-refractivity contribution in [2.45, 2.75) is 69.9 Å². The van der Waals surface area contributed by atoms with Gasteiger partial charge in [-0.2, -0.15) is 0 Å². The highest BCUT2D eigenvalue weighted by atomic mass is 16.3. The first-order valence-corrected chi connectivity index (χ1v) is 8.40. The molecule has 0 unspecified atom stereocenters. The summed E-state index contributed by atoms with van der Waals surface area (Å²) in [6.45, 7) is 4.70. The minimum Gasteiger partial charge on any atom is -0.393 e. The molecule has 2 saturated carbocycles. The number of rotatable bonds is 5. The average molecular weight is 266 g/mol. The van der Waals surface area contributed by atoms with Gasteiger partial charge in [-0.15, -0.1) is 0 Å². The summed E-state index contributed by atoms with van der Waals surface area (Å²) in [6.07, 6.45) is 11.8. The molecule has 0 aromatic rings. The van der Waals surface area contributed by atoms with Crippen LogP contribution < -0.4 is 5.32 Å². The van der Waals surface area contributed by atoms with Crippen LogP contribution in [0.4, 0.5) is 0 Å². The van der Waals surface area contributed by atoms with E-state index in [4.69, 9.17) is 0 Å². The molecule has 1 aliphatic heterocycles. The van der Waals surface area contributed by atoms with Crippen LogP contribution in [0.3, 0.4) is 0 Å². The lowest BCUT2D eigenvalue weighted by Crippen LogP contribution is -2.48. The number of hydrogen-bond acceptors (Lipinski definition) is 3. The normalized spacial score (nSPS) is 29.5. The van der Waals surface area contributed by atoms with E-state index in [-0.39, 0.29) is 6.10 Å². The van der Waals surface area contributed by atoms with Crippen LogP contribution in [0.2, 0.25) is 0 Å². The molecule has 2 aliphatic carbocycles.